The van der Waals surface area contributed by atoms with Crippen LogP contribution in [0.15, 0.2) is 26.7 Å². The number of halogens is 2. The van der Waals surface area contributed by atoms with Crippen LogP contribution in [0.3, 0.4) is 0 Å². The van der Waals surface area contributed by atoms with Gasteiger partial charge in [-0.15, -0.1) is 11.3 Å². The molecule has 0 spiro atoms. The maximum atomic E-state index is 4.19. The lowest BCUT2D eigenvalue weighted by Gasteiger charge is -2.08. The van der Waals surface area contributed by atoms with Crippen molar-refractivity contribution >= 4 is 54.8 Å². The third-order valence-electron chi connectivity index (χ3n) is 2.09. The Morgan fingerprint density at radius 2 is 2.00 bits per heavy atom. The summed E-state index contributed by atoms with van der Waals surface area (Å²) in [6.07, 6.45) is 1.53. The Kier molecular flexibility index (Phi) is 4.36. The molecule has 0 saturated heterocycles. The van der Waals surface area contributed by atoms with E-state index in [1.165, 1.54) is 11.2 Å². The van der Waals surface area contributed by atoms with Gasteiger partial charge in [0.1, 0.15) is 22.4 Å². The van der Waals surface area contributed by atoms with Gasteiger partial charge < -0.3 is 10.6 Å². The Hall–Kier alpha value is -0.660. The number of nitrogens with one attached hydrogen (secondary N) is 2. The minimum atomic E-state index is 0.745. The van der Waals surface area contributed by atoms with Crippen molar-refractivity contribution in [1.29, 1.82) is 0 Å². The molecule has 0 radical (unpaired) electrons. The summed E-state index contributed by atoms with van der Waals surface area (Å²) in [5.74, 6) is 1.56. The van der Waals surface area contributed by atoms with Gasteiger partial charge >= 0.3 is 0 Å². The molecule has 0 aliphatic rings. The van der Waals surface area contributed by atoms with Crippen LogP contribution < -0.4 is 10.6 Å². The quantitative estimate of drug-likeness (QED) is 0.852. The number of rotatable bonds is 4. The average Bonchev–Trinajstić information content (AvgIpc) is 2.74. The molecule has 0 unspecified atom stereocenters. The fraction of sp³-hybridized carbons (Fsp3) is 0.200. The van der Waals surface area contributed by atoms with Gasteiger partial charge in [0.2, 0.25) is 0 Å². The second-order valence-electron chi connectivity index (χ2n) is 3.19. The van der Waals surface area contributed by atoms with E-state index in [9.17, 15) is 0 Å². The molecule has 0 aromatic carbocycles. The molecule has 0 atom stereocenters. The predicted molar refractivity (Wildman–Crippen MR) is 78.6 cm³/mol. The van der Waals surface area contributed by atoms with Crippen molar-refractivity contribution in [3.8, 4) is 0 Å². The van der Waals surface area contributed by atoms with Gasteiger partial charge in [0.25, 0.3) is 0 Å². The minimum absolute atomic E-state index is 0.745. The third-order valence-corrected chi connectivity index (χ3v) is 4.46. The first-order valence-electron chi connectivity index (χ1n) is 4.87. The summed E-state index contributed by atoms with van der Waals surface area (Å²) >= 11 is 8.61. The van der Waals surface area contributed by atoms with E-state index in [0.717, 1.165) is 26.4 Å². The second-order valence-corrected chi connectivity index (χ2v) is 6.53. The fourth-order valence-electron chi connectivity index (χ4n) is 1.28. The molecule has 0 aliphatic carbocycles. The van der Waals surface area contributed by atoms with E-state index in [1.54, 1.807) is 11.3 Å². The van der Waals surface area contributed by atoms with Gasteiger partial charge in [-0.25, -0.2) is 9.97 Å². The van der Waals surface area contributed by atoms with Crippen molar-refractivity contribution in [3.63, 3.8) is 0 Å². The third kappa shape index (κ3) is 3.17. The zero-order chi connectivity index (χ0) is 12.3. The van der Waals surface area contributed by atoms with Crippen LogP contribution >= 0.6 is 43.2 Å². The van der Waals surface area contributed by atoms with Gasteiger partial charge in [-0.05, 0) is 44.0 Å². The molecule has 17 heavy (non-hydrogen) atoms. The average molecular weight is 378 g/mol. The van der Waals surface area contributed by atoms with Gasteiger partial charge in [0, 0.05) is 11.9 Å². The summed E-state index contributed by atoms with van der Waals surface area (Å²) in [5, 5.41) is 6.26. The van der Waals surface area contributed by atoms with Gasteiger partial charge in [-0.2, -0.15) is 0 Å². The van der Waals surface area contributed by atoms with Gasteiger partial charge in [0.15, 0.2) is 0 Å². The highest BCUT2D eigenvalue weighted by Crippen LogP contribution is 2.27. The largest absolute Gasteiger partial charge is 0.372 e. The summed E-state index contributed by atoms with van der Waals surface area (Å²) < 4.78 is 1.98. The van der Waals surface area contributed by atoms with Crippen molar-refractivity contribution in [2.24, 2.45) is 0 Å². The van der Waals surface area contributed by atoms with Crippen molar-refractivity contribution in [1.82, 2.24) is 9.97 Å². The first kappa shape index (κ1) is 12.8. The van der Waals surface area contributed by atoms with E-state index < -0.39 is 0 Å². The molecule has 90 valence electrons. The maximum Gasteiger partial charge on any atom is 0.146 e. The molecule has 2 aromatic heterocycles. The standard InChI is InChI=1S/C10H10Br2N4S/c1-13-9-8(12)10(16-5-15-9)14-4-6-2-3-7(11)17-6/h2-3,5H,4H2,1H3,(H2,13,14,15,16). The van der Waals surface area contributed by atoms with Crippen LogP contribution in [-0.4, -0.2) is 17.0 Å². The first-order chi connectivity index (χ1) is 8.20. The normalized spacial score (nSPS) is 10.3. The van der Waals surface area contributed by atoms with Crippen molar-refractivity contribution < 1.29 is 0 Å². The molecule has 0 fully saturated rings. The lowest BCUT2D eigenvalue weighted by Crippen LogP contribution is -2.03. The minimum Gasteiger partial charge on any atom is -0.372 e. The molecule has 0 saturated carbocycles. The van der Waals surface area contributed by atoms with Crippen LogP contribution in [0.1, 0.15) is 4.88 Å². The van der Waals surface area contributed by atoms with Gasteiger partial charge in [0.05, 0.1) is 10.3 Å². The summed E-state index contributed by atoms with van der Waals surface area (Å²) in [7, 11) is 1.83. The number of thiophene rings is 1. The zero-order valence-corrected chi connectivity index (χ0v) is 13.0. The van der Waals surface area contributed by atoms with Crippen LogP contribution in [0, 0.1) is 0 Å². The lowest BCUT2D eigenvalue weighted by molar-refractivity contribution is 1.08. The molecule has 2 N–H and O–H groups in total. The molecule has 2 aromatic rings. The number of anilines is 2. The summed E-state index contributed by atoms with van der Waals surface area (Å²) in [6.45, 7) is 0.745. The Bertz CT molecular complexity index is 515. The Labute approximate surface area is 120 Å². The highest BCUT2D eigenvalue weighted by Gasteiger charge is 2.07. The molecule has 0 aliphatic heterocycles. The molecule has 7 heteroatoms. The molecule has 0 bridgehead atoms. The van der Waals surface area contributed by atoms with Crippen LogP contribution in [0.25, 0.3) is 0 Å². The summed E-state index contributed by atoms with van der Waals surface area (Å²) in [4.78, 5) is 9.54. The molecular weight excluding hydrogens is 368 g/mol. The monoisotopic (exact) mass is 376 g/mol. The Morgan fingerprint density at radius 1 is 1.24 bits per heavy atom. The number of nitrogens with zero attached hydrogens (tertiary/aromatic N) is 2. The van der Waals surface area contributed by atoms with Gasteiger partial charge in [-0.1, -0.05) is 0 Å². The predicted octanol–water partition coefficient (Wildman–Crippen LogP) is 3.72. The maximum absolute atomic E-state index is 4.19. The molecule has 2 heterocycles. The van der Waals surface area contributed by atoms with E-state index in [0.29, 0.717) is 0 Å². The van der Waals surface area contributed by atoms with E-state index in [-0.39, 0.29) is 0 Å². The van der Waals surface area contributed by atoms with E-state index in [1.807, 2.05) is 13.1 Å². The molecule has 4 nitrogen and oxygen atoms in total. The first-order valence-corrected chi connectivity index (χ1v) is 7.27. The second kappa shape index (κ2) is 5.79. The summed E-state index contributed by atoms with van der Waals surface area (Å²) in [5.41, 5.74) is 0. The topological polar surface area (TPSA) is 49.8 Å². The Morgan fingerprint density at radius 3 is 2.65 bits per heavy atom. The Balaban J connectivity index is 2.09. The highest BCUT2D eigenvalue weighted by molar-refractivity contribution is 9.11. The lowest BCUT2D eigenvalue weighted by atomic mass is 10.4. The molecular formula is C10H10Br2N4S. The SMILES string of the molecule is CNc1ncnc(NCc2ccc(Br)s2)c1Br. The van der Waals surface area contributed by atoms with E-state index in [4.69, 9.17) is 0 Å². The molecule has 0 amide bonds. The van der Waals surface area contributed by atoms with Gasteiger partial charge in [-0.3, -0.25) is 0 Å². The van der Waals surface area contributed by atoms with E-state index >= 15 is 0 Å². The number of hydrogen-bond acceptors (Lipinski definition) is 5. The van der Waals surface area contributed by atoms with Crippen LogP contribution in [0.2, 0.25) is 0 Å². The number of hydrogen-bond donors (Lipinski definition) is 2. The number of aromatic nitrogens is 2. The zero-order valence-electron chi connectivity index (χ0n) is 9.00. The molecule has 2 rings (SSSR count). The van der Waals surface area contributed by atoms with Crippen molar-refractivity contribution in [2.75, 3.05) is 17.7 Å². The van der Waals surface area contributed by atoms with Crippen molar-refractivity contribution in [3.05, 3.63) is 31.6 Å². The van der Waals surface area contributed by atoms with Crippen LogP contribution in [0.4, 0.5) is 11.6 Å². The van der Waals surface area contributed by atoms with E-state index in [2.05, 4.69) is 58.5 Å². The van der Waals surface area contributed by atoms with Crippen molar-refractivity contribution in [2.45, 2.75) is 6.54 Å². The van der Waals surface area contributed by atoms with Crippen LogP contribution in [0.5, 0.6) is 0 Å². The highest BCUT2D eigenvalue weighted by atomic mass is 79.9. The van der Waals surface area contributed by atoms with Crippen LogP contribution in [-0.2, 0) is 6.54 Å². The fourth-order valence-corrected chi connectivity index (χ4v) is 3.25. The smallest absolute Gasteiger partial charge is 0.146 e. The summed E-state index contributed by atoms with van der Waals surface area (Å²) in [6, 6.07) is 4.12.